The largest absolute Gasteiger partial charge is 0.458 e. The molecule has 1 N–H and O–H groups in total. The van der Waals surface area contributed by atoms with Gasteiger partial charge in [-0.1, -0.05) is 72.8 Å². The maximum absolute atomic E-state index is 13.3. The number of amides is 1. The lowest BCUT2D eigenvalue weighted by Gasteiger charge is -2.23. The van der Waals surface area contributed by atoms with Crippen LogP contribution in [0, 0.1) is 0 Å². The van der Waals surface area contributed by atoms with Crippen molar-refractivity contribution in [3.05, 3.63) is 102 Å². The molecule has 0 aliphatic rings. The van der Waals surface area contributed by atoms with Crippen LogP contribution < -0.4 is 5.32 Å². The molecule has 0 aliphatic heterocycles. The molecule has 1 atom stereocenters. The number of anilines is 1. The molecule has 1 amide bonds. The van der Waals surface area contributed by atoms with Crippen molar-refractivity contribution in [3.8, 4) is 0 Å². The van der Waals surface area contributed by atoms with Crippen molar-refractivity contribution >= 4 is 23.5 Å². The third kappa shape index (κ3) is 9.22. The number of benzene rings is 3. The van der Waals surface area contributed by atoms with Crippen LogP contribution in [0.4, 0.5) is 10.5 Å². The average molecular weight is 501 g/mol. The highest BCUT2D eigenvalue weighted by Crippen LogP contribution is 2.19. The minimum Gasteiger partial charge on any atom is -0.458 e. The van der Waals surface area contributed by atoms with Crippen molar-refractivity contribution < 1.29 is 19.1 Å². The summed E-state index contributed by atoms with van der Waals surface area (Å²) < 4.78 is 11.1. The predicted octanol–water partition coefficient (Wildman–Crippen LogP) is 6.82. The van der Waals surface area contributed by atoms with Crippen LogP contribution >= 0.6 is 0 Å². The first-order valence-corrected chi connectivity index (χ1v) is 12.4. The number of nitrogens with one attached hydrogen (secondary N) is 1. The summed E-state index contributed by atoms with van der Waals surface area (Å²) in [5, 5.41) is 2.73. The molecule has 0 radical (unpaired) electrons. The molecule has 0 spiro atoms. The van der Waals surface area contributed by atoms with E-state index in [1.54, 1.807) is 12.1 Å². The Balaban J connectivity index is 1.92. The van der Waals surface area contributed by atoms with Crippen molar-refractivity contribution in [1.82, 2.24) is 0 Å². The maximum atomic E-state index is 13.3. The predicted molar refractivity (Wildman–Crippen MR) is 148 cm³/mol. The van der Waals surface area contributed by atoms with Crippen LogP contribution in [0.5, 0.6) is 0 Å². The molecule has 0 aromatic heterocycles. The molecule has 1 unspecified atom stereocenters. The van der Waals surface area contributed by atoms with Crippen molar-refractivity contribution in [2.45, 2.75) is 65.2 Å². The van der Waals surface area contributed by atoms with E-state index in [-0.39, 0.29) is 0 Å². The number of carbonyl (C=O) groups is 2. The highest BCUT2D eigenvalue weighted by molar-refractivity contribution is 6.13. The molecule has 0 fully saturated rings. The first kappa shape index (κ1) is 27.7. The molecular weight excluding hydrogens is 464 g/mol. The van der Waals surface area contributed by atoms with Gasteiger partial charge < -0.3 is 9.47 Å². The lowest BCUT2D eigenvalue weighted by molar-refractivity contribution is -0.156. The van der Waals surface area contributed by atoms with Gasteiger partial charge in [0.2, 0.25) is 0 Å². The summed E-state index contributed by atoms with van der Waals surface area (Å²) >= 11 is 0. The number of hydrogen-bond donors (Lipinski definition) is 1. The Morgan fingerprint density at radius 2 is 1.22 bits per heavy atom. The van der Waals surface area contributed by atoms with Crippen LogP contribution in [0.2, 0.25) is 0 Å². The van der Waals surface area contributed by atoms with E-state index in [4.69, 9.17) is 14.5 Å². The number of hydrogen-bond acceptors (Lipinski definition) is 5. The Hall–Kier alpha value is -3.93. The average Bonchev–Trinajstić information content (AvgIpc) is 2.81. The van der Waals surface area contributed by atoms with Gasteiger partial charge in [-0.15, -0.1) is 0 Å². The second kappa shape index (κ2) is 11.9. The van der Waals surface area contributed by atoms with Crippen LogP contribution in [0.15, 0.2) is 89.9 Å². The number of esters is 1. The maximum Gasteiger partial charge on any atom is 0.412 e. The molecular formula is C31H36N2O4. The van der Waals surface area contributed by atoms with Gasteiger partial charge >= 0.3 is 12.1 Å². The van der Waals surface area contributed by atoms with Gasteiger partial charge in [0.1, 0.15) is 11.2 Å². The number of carbonyl (C=O) groups excluding carboxylic acids is 2. The second-order valence-electron chi connectivity index (χ2n) is 10.8. The molecule has 3 rings (SSSR count). The summed E-state index contributed by atoms with van der Waals surface area (Å²) in [6.45, 7) is 11.0. The van der Waals surface area contributed by atoms with E-state index in [0.29, 0.717) is 12.1 Å². The number of nitrogens with zero attached hydrogens (tertiary/aromatic N) is 1. The van der Waals surface area contributed by atoms with E-state index in [1.165, 1.54) is 0 Å². The fourth-order valence-corrected chi connectivity index (χ4v) is 3.58. The third-order valence-corrected chi connectivity index (χ3v) is 5.09. The SMILES string of the molecule is CC(C)(C)OC(=O)Nc1ccc(CC(N=C(c2ccccc2)c2ccccc2)C(=O)OC(C)(C)C)cc1. The number of aliphatic imine (C=N–C) groups is 1. The van der Waals surface area contributed by atoms with Gasteiger partial charge in [0.05, 0.1) is 5.71 Å². The van der Waals surface area contributed by atoms with Crippen molar-refractivity contribution in [2.75, 3.05) is 5.32 Å². The molecule has 0 saturated carbocycles. The van der Waals surface area contributed by atoms with Gasteiger partial charge in [-0.3, -0.25) is 10.3 Å². The summed E-state index contributed by atoms with van der Waals surface area (Å²) in [4.78, 5) is 30.4. The number of rotatable bonds is 7. The molecule has 0 saturated heterocycles. The van der Waals surface area contributed by atoms with Crippen LogP contribution in [0.25, 0.3) is 0 Å². The lowest BCUT2D eigenvalue weighted by Crippen LogP contribution is -2.33. The van der Waals surface area contributed by atoms with E-state index >= 15 is 0 Å². The topological polar surface area (TPSA) is 77.0 Å². The van der Waals surface area contributed by atoms with Crippen molar-refractivity contribution in [3.63, 3.8) is 0 Å². The first-order chi connectivity index (χ1) is 17.4. The van der Waals surface area contributed by atoms with Crippen LogP contribution in [-0.4, -0.2) is 35.0 Å². The van der Waals surface area contributed by atoms with E-state index < -0.39 is 29.3 Å². The van der Waals surface area contributed by atoms with Crippen LogP contribution in [0.3, 0.4) is 0 Å². The molecule has 6 heteroatoms. The second-order valence-corrected chi connectivity index (χ2v) is 10.8. The Kier molecular flexibility index (Phi) is 8.87. The molecule has 0 aliphatic carbocycles. The molecule has 6 nitrogen and oxygen atoms in total. The van der Waals surface area contributed by atoms with Gasteiger partial charge in [0.15, 0.2) is 6.04 Å². The van der Waals surface area contributed by atoms with Gasteiger partial charge in [-0.25, -0.2) is 9.59 Å². The van der Waals surface area contributed by atoms with Gasteiger partial charge in [-0.2, -0.15) is 0 Å². The highest BCUT2D eigenvalue weighted by Gasteiger charge is 2.26. The quantitative estimate of drug-likeness (QED) is 0.285. The van der Waals surface area contributed by atoms with Crippen LogP contribution in [0.1, 0.15) is 58.2 Å². The zero-order chi connectivity index (χ0) is 27.1. The van der Waals surface area contributed by atoms with Gasteiger partial charge in [-0.05, 0) is 59.2 Å². The molecule has 37 heavy (non-hydrogen) atoms. The third-order valence-electron chi connectivity index (χ3n) is 5.09. The van der Waals surface area contributed by atoms with Crippen LogP contribution in [-0.2, 0) is 20.7 Å². The van der Waals surface area contributed by atoms with Crippen molar-refractivity contribution in [1.29, 1.82) is 0 Å². The summed E-state index contributed by atoms with van der Waals surface area (Å²) in [7, 11) is 0. The van der Waals surface area contributed by atoms with E-state index in [1.807, 2.05) is 114 Å². The smallest absolute Gasteiger partial charge is 0.412 e. The Labute approximate surface area is 219 Å². The molecule has 0 bridgehead atoms. The Morgan fingerprint density at radius 1 is 0.730 bits per heavy atom. The fourth-order valence-electron chi connectivity index (χ4n) is 3.58. The standard InChI is InChI=1S/C31H36N2O4/c1-30(2,3)36-28(34)26(21-22-17-19-25(20-18-22)32-29(35)37-31(4,5)6)33-27(23-13-9-7-10-14-23)24-15-11-8-12-16-24/h7-20,26H,21H2,1-6H3,(H,32,35). The highest BCUT2D eigenvalue weighted by atomic mass is 16.6. The molecule has 3 aromatic rings. The Morgan fingerprint density at radius 3 is 1.68 bits per heavy atom. The summed E-state index contributed by atoms with van der Waals surface area (Å²) in [6, 6.07) is 26.2. The minimum atomic E-state index is -0.765. The van der Waals surface area contributed by atoms with E-state index in [2.05, 4.69) is 5.32 Å². The zero-order valence-electron chi connectivity index (χ0n) is 22.4. The van der Waals surface area contributed by atoms with Gasteiger partial charge in [0.25, 0.3) is 0 Å². The van der Waals surface area contributed by atoms with E-state index in [0.717, 1.165) is 22.4 Å². The summed E-state index contributed by atoms with van der Waals surface area (Å²) in [5.41, 5.74) is 2.81. The van der Waals surface area contributed by atoms with Crippen molar-refractivity contribution in [2.24, 2.45) is 4.99 Å². The fraction of sp³-hybridized carbons (Fsp3) is 0.323. The minimum absolute atomic E-state index is 0.338. The lowest BCUT2D eigenvalue weighted by atomic mass is 10.0. The summed E-state index contributed by atoms with van der Waals surface area (Å²) in [5.74, 6) is -0.396. The zero-order valence-corrected chi connectivity index (χ0v) is 22.4. The molecule has 194 valence electrons. The van der Waals surface area contributed by atoms with Gasteiger partial charge in [0, 0.05) is 23.2 Å². The molecule has 0 heterocycles. The molecule has 3 aromatic carbocycles. The first-order valence-electron chi connectivity index (χ1n) is 12.4. The monoisotopic (exact) mass is 500 g/mol. The van der Waals surface area contributed by atoms with E-state index in [9.17, 15) is 9.59 Å². The Bertz CT molecular complexity index is 1160. The normalized spacial score (nSPS) is 12.3. The summed E-state index contributed by atoms with van der Waals surface area (Å²) in [6.07, 6.45) is -0.183. The number of ether oxygens (including phenoxy) is 2.